The van der Waals surface area contributed by atoms with Crippen LogP contribution < -0.4 is 10.1 Å². The van der Waals surface area contributed by atoms with Gasteiger partial charge in [0.1, 0.15) is 17.3 Å². The number of para-hydroxylation sites is 1. The molecule has 1 unspecified atom stereocenters. The van der Waals surface area contributed by atoms with Gasteiger partial charge in [-0.1, -0.05) is 18.2 Å². The van der Waals surface area contributed by atoms with E-state index in [9.17, 15) is 9.90 Å². The number of carbonyl (C=O) groups is 1. The minimum Gasteiger partial charge on any atom is -0.486 e. The van der Waals surface area contributed by atoms with Crippen molar-refractivity contribution in [1.29, 1.82) is 0 Å². The SMILES string of the molecule is O=C(O)C1c2ccccc2OC12CCNCC2. The number of nitrogens with one attached hydrogen (secondary N) is 1. The molecule has 1 aromatic rings. The molecule has 0 saturated carbocycles. The van der Waals surface area contributed by atoms with Crippen LogP contribution in [0.5, 0.6) is 5.75 Å². The summed E-state index contributed by atoms with van der Waals surface area (Å²) in [6, 6.07) is 7.49. The van der Waals surface area contributed by atoms with Crippen molar-refractivity contribution in [1.82, 2.24) is 5.32 Å². The van der Waals surface area contributed by atoms with Gasteiger partial charge in [0.05, 0.1) is 0 Å². The van der Waals surface area contributed by atoms with E-state index in [2.05, 4.69) is 5.32 Å². The van der Waals surface area contributed by atoms with Crippen molar-refractivity contribution < 1.29 is 14.6 Å². The highest BCUT2D eigenvalue weighted by molar-refractivity contribution is 5.80. The Bertz CT molecular complexity index is 452. The van der Waals surface area contributed by atoms with Crippen LogP contribution in [0.1, 0.15) is 24.3 Å². The summed E-state index contributed by atoms with van der Waals surface area (Å²) in [5, 5.41) is 12.7. The Morgan fingerprint density at radius 3 is 2.76 bits per heavy atom. The Morgan fingerprint density at radius 1 is 1.35 bits per heavy atom. The van der Waals surface area contributed by atoms with Gasteiger partial charge in [0.2, 0.25) is 0 Å². The van der Waals surface area contributed by atoms with Crippen LogP contribution in [0.25, 0.3) is 0 Å². The van der Waals surface area contributed by atoms with Crippen molar-refractivity contribution in [2.75, 3.05) is 13.1 Å². The number of fused-ring (bicyclic) bond motifs is 1. The summed E-state index contributed by atoms with van der Waals surface area (Å²) in [7, 11) is 0. The molecule has 3 rings (SSSR count). The summed E-state index contributed by atoms with van der Waals surface area (Å²) in [4.78, 5) is 11.5. The number of rotatable bonds is 1. The average Bonchev–Trinajstić information content (AvgIpc) is 2.63. The zero-order valence-electron chi connectivity index (χ0n) is 9.48. The Kier molecular flexibility index (Phi) is 2.33. The van der Waals surface area contributed by atoms with Gasteiger partial charge in [-0.3, -0.25) is 4.79 Å². The van der Waals surface area contributed by atoms with Gasteiger partial charge in [0.25, 0.3) is 0 Å². The highest BCUT2D eigenvalue weighted by atomic mass is 16.5. The van der Waals surface area contributed by atoms with Crippen molar-refractivity contribution in [3.05, 3.63) is 29.8 Å². The molecular formula is C13H15NO3. The van der Waals surface area contributed by atoms with Crippen LogP contribution in [0.15, 0.2) is 24.3 Å². The van der Waals surface area contributed by atoms with Crippen LogP contribution in [0.3, 0.4) is 0 Å². The minimum atomic E-state index is -0.781. The molecule has 17 heavy (non-hydrogen) atoms. The third-order valence-electron chi connectivity index (χ3n) is 3.77. The molecule has 0 radical (unpaired) electrons. The fraction of sp³-hybridized carbons (Fsp3) is 0.462. The predicted molar refractivity (Wildman–Crippen MR) is 62.3 cm³/mol. The van der Waals surface area contributed by atoms with Crippen molar-refractivity contribution in [3.63, 3.8) is 0 Å². The van der Waals surface area contributed by atoms with Crippen LogP contribution in [-0.2, 0) is 4.79 Å². The summed E-state index contributed by atoms with van der Waals surface area (Å²) >= 11 is 0. The van der Waals surface area contributed by atoms with Crippen LogP contribution in [0.2, 0.25) is 0 Å². The number of benzene rings is 1. The molecule has 2 heterocycles. The van der Waals surface area contributed by atoms with Crippen molar-refractivity contribution in [2.45, 2.75) is 24.4 Å². The highest BCUT2D eigenvalue weighted by Gasteiger charge is 2.52. The average molecular weight is 233 g/mol. The third kappa shape index (κ3) is 1.52. The number of aliphatic carboxylic acids is 1. The Balaban J connectivity index is 2.06. The summed E-state index contributed by atoms with van der Waals surface area (Å²) in [5.41, 5.74) is 0.280. The lowest BCUT2D eigenvalue weighted by molar-refractivity contribution is -0.144. The number of hydrogen-bond acceptors (Lipinski definition) is 3. The summed E-state index contributed by atoms with van der Waals surface area (Å²) < 4.78 is 5.99. The zero-order chi connectivity index (χ0) is 11.9. The first-order valence-electron chi connectivity index (χ1n) is 5.94. The highest BCUT2D eigenvalue weighted by Crippen LogP contribution is 2.48. The molecule has 1 fully saturated rings. The van der Waals surface area contributed by atoms with Crippen molar-refractivity contribution >= 4 is 5.97 Å². The van der Waals surface area contributed by atoms with Crippen LogP contribution in [-0.4, -0.2) is 29.8 Å². The molecule has 90 valence electrons. The maximum Gasteiger partial charge on any atom is 0.315 e. The van der Waals surface area contributed by atoms with E-state index < -0.39 is 17.5 Å². The van der Waals surface area contributed by atoms with E-state index >= 15 is 0 Å². The molecule has 1 atom stereocenters. The Hall–Kier alpha value is -1.55. The van der Waals surface area contributed by atoms with Crippen molar-refractivity contribution in [2.24, 2.45) is 0 Å². The van der Waals surface area contributed by atoms with Crippen LogP contribution >= 0.6 is 0 Å². The molecule has 2 aliphatic rings. The smallest absolute Gasteiger partial charge is 0.315 e. The molecule has 2 aliphatic heterocycles. The van der Waals surface area contributed by atoms with E-state index in [0.717, 1.165) is 37.2 Å². The summed E-state index contributed by atoms with van der Waals surface area (Å²) in [6.45, 7) is 1.63. The number of ether oxygens (including phenoxy) is 1. The third-order valence-corrected chi connectivity index (χ3v) is 3.77. The lowest BCUT2D eigenvalue weighted by atomic mass is 9.78. The molecule has 1 saturated heterocycles. The van der Waals surface area contributed by atoms with Crippen LogP contribution in [0.4, 0.5) is 0 Å². The minimum absolute atomic E-state index is 0.527. The second-order valence-corrected chi connectivity index (χ2v) is 4.73. The fourth-order valence-corrected chi connectivity index (χ4v) is 2.97. The lowest BCUT2D eigenvalue weighted by Crippen LogP contribution is -2.49. The van der Waals surface area contributed by atoms with E-state index in [1.165, 1.54) is 0 Å². The first kappa shape index (κ1) is 10.6. The van der Waals surface area contributed by atoms with Gasteiger partial charge >= 0.3 is 5.97 Å². The molecule has 1 aromatic carbocycles. The first-order chi connectivity index (χ1) is 8.23. The molecule has 1 spiro atoms. The number of carboxylic acid groups (broad SMARTS) is 1. The number of piperidine rings is 1. The van der Waals surface area contributed by atoms with Gasteiger partial charge in [-0.05, 0) is 19.2 Å². The first-order valence-corrected chi connectivity index (χ1v) is 5.94. The number of hydrogen-bond donors (Lipinski definition) is 2. The molecule has 0 aromatic heterocycles. The van der Waals surface area contributed by atoms with E-state index in [1.807, 2.05) is 24.3 Å². The standard InChI is InChI=1S/C13H15NO3/c15-12(16)11-9-3-1-2-4-10(9)17-13(11)5-7-14-8-6-13/h1-4,11,14H,5-8H2,(H,15,16). The summed E-state index contributed by atoms with van der Waals surface area (Å²) in [6.07, 6.45) is 1.50. The fourth-order valence-electron chi connectivity index (χ4n) is 2.97. The maximum absolute atomic E-state index is 11.5. The molecule has 0 amide bonds. The molecular weight excluding hydrogens is 218 g/mol. The van der Waals surface area contributed by atoms with Gasteiger partial charge in [-0.25, -0.2) is 0 Å². The Labute approximate surface area is 99.6 Å². The van der Waals surface area contributed by atoms with Gasteiger partial charge < -0.3 is 15.2 Å². The summed E-state index contributed by atoms with van der Waals surface area (Å²) in [5.74, 6) is -0.570. The largest absolute Gasteiger partial charge is 0.486 e. The van der Waals surface area contributed by atoms with Gasteiger partial charge in [0, 0.05) is 18.4 Å². The van der Waals surface area contributed by atoms with E-state index in [0.29, 0.717) is 0 Å². The molecule has 4 heteroatoms. The van der Waals surface area contributed by atoms with E-state index in [-0.39, 0.29) is 0 Å². The molecule has 0 bridgehead atoms. The van der Waals surface area contributed by atoms with E-state index in [4.69, 9.17) is 4.74 Å². The molecule has 0 aliphatic carbocycles. The molecule has 2 N–H and O–H groups in total. The monoisotopic (exact) mass is 233 g/mol. The second-order valence-electron chi connectivity index (χ2n) is 4.73. The second kappa shape index (κ2) is 3.74. The predicted octanol–water partition coefficient (Wildman–Crippen LogP) is 1.37. The number of carboxylic acids is 1. The zero-order valence-corrected chi connectivity index (χ0v) is 9.48. The van der Waals surface area contributed by atoms with Gasteiger partial charge in [-0.2, -0.15) is 0 Å². The lowest BCUT2D eigenvalue weighted by Gasteiger charge is -2.36. The normalized spacial score (nSPS) is 25.3. The van der Waals surface area contributed by atoms with Crippen LogP contribution in [0, 0.1) is 0 Å². The molecule has 4 nitrogen and oxygen atoms in total. The van der Waals surface area contributed by atoms with Crippen molar-refractivity contribution in [3.8, 4) is 5.75 Å². The Morgan fingerprint density at radius 2 is 2.06 bits per heavy atom. The quantitative estimate of drug-likeness (QED) is 0.769. The van der Waals surface area contributed by atoms with Gasteiger partial charge in [-0.15, -0.1) is 0 Å². The maximum atomic E-state index is 11.5. The van der Waals surface area contributed by atoms with E-state index in [1.54, 1.807) is 0 Å². The topological polar surface area (TPSA) is 58.6 Å². The van der Waals surface area contributed by atoms with Gasteiger partial charge in [0.15, 0.2) is 0 Å².